The Morgan fingerprint density at radius 3 is 2.43 bits per heavy atom. The highest BCUT2D eigenvalue weighted by atomic mass is 32.2. The van der Waals surface area contributed by atoms with Crippen molar-refractivity contribution in [3.63, 3.8) is 0 Å². The molecule has 0 saturated carbocycles. The summed E-state index contributed by atoms with van der Waals surface area (Å²) in [7, 11) is -1.55. The zero-order valence-corrected chi connectivity index (χ0v) is 17.2. The summed E-state index contributed by atoms with van der Waals surface area (Å²) in [4.78, 5) is 19.2. The fraction of sp³-hybridized carbons (Fsp3) is 0.600. The molecule has 1 aromatic heterocycles. The highest BCUT2D eigenvalue weighted by molar-refractivity contribution is 7.89. The van der Waals surface area contributed by atoms with Crippen molar-refractivity contribution in [2.75, 3.05) is 26.2 Å². The molecule has 28 heavy (non-hydrogen) atoms. The lowest BCUT2D eigenvalue weighted by molar-refractivity contribution is -0.130. The first-order chi connectivity index (χ1) is 13.5. The maximum atomic E-state index is 12.9. The zero-order chi connectivity index (χ0) is 19.7. The predicted octanol–water partition coefficient (Wildman–Crippen LogP) is 2.30. The van der Waals surface area contributed by atoms with Gasteiger partial charge in [-0.15, -0.1) is 0 Å². The van der Waals surface area contributed by atoms with Crippen LogP contribution >= 0.6 is 0 Å². The lowest BCUT2D eigenvalue weighted by atomic mass is 10.2. The van der Waals surface area contributed by atoms with E-state index >= 15 is 0 Å². The lowest BCUT2D eigenvalue weighted by Gasteiger charge is -2.25. The summed E-state index contributed by atoms with van der Waals surface area (Å²) >= 11 is 0. The normalized spacial score (nSPS) is 18.8. The molecule has 0 atom stereocenters. The van der Waals surface area contributed by atoms with Crippen LogP contribution < -0.4 is 0 Å². The zero-order valence-electron chi connectivity index (χ0n) is 16.4. The van der Waals surface area contributed by atoms with E-state index in [-0.39, 0.29) is 5.91 Å². The van der Waals surface area contributed by atoms with Crippen LogP contribution in [0, 0.1) is 0 Å². The minimum absolute atomic E-state index is 0.179. The first-order valence-corrected chi connectivity index (χ1v) is 11.6. The van der Waals surface area contributed by atoms with Crippen LogP contribution in [0.25, 0.3) is 11.0 Å². The van der Waals surface area contributed by atoms with E-state index in [4.69, 9.17) is 0 Å². The minimum Gasteiger partial charge on any atom is -0.343 e. The number of sulfonamides is 1. The van der Waals surface area contributed by atoms with Crippen LogP contribution in [-0.4, -0.2) is 59.3 Å². The third-order valence-corrected chi connectivity index (χ3v) is 7.81. The third-order valence-electron chi connectivity index (χ3n) is 5.92. The maximum absolute atomic E-state index is 12.9. The van der Waals surface area contributed by atoms with Crippen molar-refractivity contribution in [2.24, 2.45) is 7.05 Å². The van der Waals surface area contributed by atoms with Crippen molar-refractivity contribution in [1.29, 1.82) is 0 Å². The summed E-state index contributed by atoms with van der Waals surface area (Å²) in [6.45, 7) is 2.90. The summed E-state index contributed by atoms with van der Waals surface area (Å²) in [6.07, 6.45) is 6.11. The summed E-state index contributed by atoms with van der Waals surface area (Å²) in [5.74, 6) is 0.994. The van der Waals surface area contributed by atoms with Crippen molar-refractivity contribution in [3.05, 3.63) is 24.0 Å². The molecule has 0 N–H and O–H groups in total. The van der Waals surface area contributed by atoms with Crippen molar-refractivity contribution < 1.29 is 13.2 Å². The van der Waals surface area contributed by atoms with E-state index in [1.54, 1.807) is 16.4 Å². The quantitative estimate of drug-likeness (QED) is 0.766. The second-order valence-electron chi connectivity index (χ2n) is 7.79. The molecule has 0 bridgehead atoms. The highest BCUT2D eigenvalue weighted by Crippen LogP contribution is 2.25. The molecule has 2 saturated heterocycles. The number of aryl methyl sites for hydroxylation is 2. The molecule has 0 spiro atoms. The number of likely N-dealkylation sites (tertiary alicyclic amines) is 1. The number of nitrogens with zero attached hydrogens (tertiary/aromatic N) is 4. The van der Waals surface area contributed by atoms with Gasteiger partial charge in [0.1, 0.15) is 5.82 Å². The van der Waals surface area contributed by atoms with E-state index in [2.05, 4.69) is 4.98 Å². The molecule has 8 heteroatoms. The molecule has 0 unspecified atom stereocenters. The van der Waals surface area contributed by atoms with Gasteiger partial charge in [0.15, 0.2) is 0 Å². The number of amides is 1. The van der Waals surface area contributed by atoms with Crippen LogP contribution in [0.15, 0.2) is 23.1 Å². The van der Waals surface area contributed by atoms with Crippen LogP contribution in [0.1, 0.15) is 44.3 Å². The summed E-state index contributed by atoms with van der Waals surface area (Å²) in [6, 6.07) is 5.17. The molecule has 3 heterocycles. The third kappa shape index (κ3) is 3.67. The fourth-order valence-corrected chi connectivity index (χ4v) is 5.75. The molecule has 2 fully saturated rings. The molecule has 0 radical (unpaired) electrons. The topological polar surface area (TPSA) is 75.5 Å². The molecule has 7 nitrogen and oxygen atoms in total. The van der Waals surface area contributed by atoms with Gasteiger partial charge < -0.3 is 9.47 Å². The number of piperidine rings is 1. The van der Waals surface area contributed by atoms with Gasteiger partial charge in [0.2, 0.25) is 15.9 Å². The first-order valence-electron chi connectivity index (χ1n) is 10.2. The Hall–Kier alpha value is -1.93. The van der Waals surface area contributed by atoms with Gasteiger partial charge in [-0.1, -0.05) is 6.42 Å². The average molecular weight is 405 g/mol. The number of fused-ring (bicyclic) bond motifs is 1. The second kappa shape index (κ2) is 7.83. The van der Waals surface area contributed by atoms with E-state index < -0.39 is 10.0 Å². The molecular formula is C20H28N4O3S. The molecule has 4 rings (SSSR count). The number of carbonyl (C=O) groups excluding carboxylic acids is 1. The van der Waals surface area contributed by atoms with E-state index in [9.17, 15) is 13.2 Å². The van der Waals surface area contributed by atoms with Crippen LogP contribution in [0.3, 0.4) is 0 Å². The maximum Gasteiger partial charge on any atom is 0.243 e. The Labute approximate surface area is 166 Å². The Kier molecular flexibility index (Phi) is 5.42. The number of hydrogen-bond donors (Lipinski definition) is 0. The molecule has 1 aromatic carbocycles. The second-order valence-corrected chi connectivity index (χ2v) is 9.73. The van der Waals surface area contributed by atoms with Crippen molar-refractivity contribution >= 4 is 27.0 Å². The van der Waals surface area contributed by atoms with E-state index in [0.29, 0.717) is 36.3 Å². The minimum atomic E-state index is -3.47. The molecule has 2 aromatic rings. The van der Waals surface area contributed by atoms with Gasteiger partial charge in [-0.2, -0.15) is 4.31 Å². The van der Waals surface area contributed by atoms with Crippen molar-refractivity contribution in [1.82, 2.24) is 18.8 Å². The smallest absolute Gasteiger partial charge is 0.243 e. The Morgan fingerprint density at radius 2 is 1.71 bits per heavy atom. The molecule has 2 aliphatic rings. The van der Waals surface area contributed by atoms with Gasteiger partial charge in [0, 0.05) is 46.1 Å². The SMILES string of the molecule is Cn1c(CCC(=O)N2CCCC2)nc2cc(S(=O)(=O)N3CCCCC3)ccc21. The fourth-order valence-electron chi connectivity index (χ4n) is 4.21. The van der Waals surface area contributed by atoms with Gasteiger partial charge in [-0.3, -0.25) is 4.79 Å². The van der Waals surface area contributed by atoms with E-state index in [0.717, 1.165) is 56.5 Å². The summed E-state index contributed by atoms with van der Waals surface area (Å²) in [5, 5.41) is 0. The van der Waals surface area contributed by atoms with Gasteiger partial charge in [-0.05, 0) is 43.9 Å². The first kappa shape index (κ1) is 19.4. The van der Waals surface area contributed by atoms with Gasteiger partial charge in [0.05, 0.1) is 15.9 Å². The van der Waals surface area contributed by atoms with Crippen LogP contribution in [0.5, 0.6) is 0 Å². The monoisotopic (exact) mass is 404 g/mol. The van der Waals surface area contributed by atoms with Gasteiger partial charge in [0.25, 0.3) is 0 Å². The highest BCUT2D eigenvalue weighted by Gasteiger charge is 2.26. The van der Waals surface area contributed by atoms with Crippen molar-refractivity contribution in [3.8, 4) is 0 Å². The van der Waals surface area contributed by atoms with Crippen molar-refractivity contribution in [2.45, 2.75) is 49.8 Å². The Balaban J connectivity index is 1.54. The van der Waals surface area contributed by atoms with Gasteiger partial charge >= 0.3 is 0 Å². The van der Waals surface area contributed by atoms with Crippen LogP contribution in [0.4, 0.5) is 0 Å². The van der Waals surface area contributed by atoms with E-state index in [1.165, 1.54) is 0 Å². The van der Waals surface area contributed by atoms with E-state index in [1.807, 2.05) is 22.6 Å². The van der Waals surface area contributed by atoms with Gasteiger partial charge in [-0.25, -0.2) is 13.4 Å². The Bertz CT molecular complexity index is 971. The van der Waals surface area contributed by atoms with Crippen LogP contribution in [-0.2, 0) is 28.3 Å². The lowest BCUT2D eigenvalue weighted by Crippen LogP contribution is -2.35. The Morgan fingerprint density at radius 1 is 1.04 bits per heavy atom. The average Bonchev–Trinajstić information content (AvgIpc) is 3.35. The van der Waals surface area contributed by atoms with Crippen LogP contribution in [0.2, 0.25) is 0 Å². The molecule has 1 amide bonds. The number of hydrogen-bond acceptors (Lipinski definition) is 4. The number of carbonyl (C=O) groups is 1. The number of rotatable bonds is 5. The molecule has 0 aliphatic carbocycles. The summed E-state index contributed by atoms with van der Waals surface area (Å²) < 4.78 is 29.4. The number of imidazole rings is 1. The standard InChI is InChI=1S/C20H28N4O3S/c1-22-18-8-7-16(28(26,27)24-13-3-2-4-14-24)15-17(18)21-19(22)9-10-20(25)23-11-5-6-12-23/h7-8,15H,2-6,9-14H2,1H3. The molecule has 152 valence electrons. The molecular weight excluding hydrogens is 376 g/mol. The summed E-state index contributed by atoms with van der Waals surface area (Å²) in [5.41, 5.74) is 1.56. The number of benzene rings is 1. The number of aromatic nitrogens is 2. The largest absolute Gasteiger partial charge is 0.343 e. The predicted molar refractivity (Wildman–Crippen MR) is 107 cm³/mol. The molecule has 2 aliphatic heterocycles.